The molecule has 1 aromatic rings. The number of hydrogen-bond acceptors (Lipinski definition) is 3. The van der Waals surface area contributed by atoms with Gasteiger partial charge >= 0.3 is 7.48 Å². The van der Waals surface area contributed by atoms with Gasteiger partial charge in [0.15, 0.2) is 0 Å². The Morgan fingerprint density at radius 3 is 2.44 bits per heavy atom. The molecule has 1 rings (SSSR count). The first-order valence-electron chi connectivity index (χ1n) is 2.78. The summed E-state index contributed by atoms with van der Waals surface area (Å²) in [5, 5.41) is 12.3. The van der Waals surface area contributed by atoms with Crippen LogP contribution in [0, 0.1) is 13.8 Å². The van der Waals surface area contributed by atoms with Gasteiger partial charge in [-0.2, -0.15) is 0 Å². The van der Waals surface area contributed by atoms with Gasteiger partial charge in [-0.15, -0.1) is 0 Å². The highest BCUT2D eigenvalue weighted by atomic mass is 16.5. The van der Waals surface area contributed by atoms with Gasteiger partial charge in [0.1, 0.15) is 5.76 Å². The summed E-state index contributed by atoms with van der Waals surface area (Å²) in [6, 6.07) is 0. The van der Waals surface area contributed by atoms with Gasteiger partial charge in [0, 0.05) is 5.46 Å². The summed E-state index contributed by atoms with van der Waals surface area (Å²) < 4.78 is 4.78. The van der Waals surface area contributed by atoms with Crippen LogP contribution < -0.4 is 5.46 Å². The molecule has 0 radical (unpaired) electrons. The Morgan fingerprint density at radius 2 is 2.22 bits per heavy atom. The topological polar surface area (TPSA) is 46.3 Å². The van der Waals surface area contributed by atoms with Crippen LogP contribution in [-0.4, -0.2) is 17.7 Å². The van der Waals surface area contributed by atoms with Crippen LogP contribution in [-0.2, 0) is 0 Å². The lowest BCUT2D eigenvalue weighted by molar-refractivity contribution is 0.394. The number of nitrogens with zero attached hydrogens (tertiary/aromatic N) is 1. The maximum absolute atomic E-state index is 8.69. The van der Waals surface area contributed by atoms with Gasteiger partial charge in [-0.05, 0) is 13.8 Å². The van der Waals surface area contributed by atoms with Crippen molar-refractivity contribution in [2.75, 3.05) is 0 Å². The van der Waals surface area contributed by atoms with Crippen LogP contribution in [0.2, 0.25) is 0 Å². The number of hydrogen-bond donors (Lipinski definition) is 1. The minimum absolute atomic E-state index is 0.0150. The molecule has 0 aliphatic heterocycles. The molecule has 0 unspecified atom stereocenters. The second-order valence-corrected chi connectivity index (χ2v) is 1.96. The maximum Gasteiger partial charge on any atom is 0.310 e. The lowest BCUT2D eigenvalue weighted by Gasteiger charge is -1.85. The van der Waals surface area contributed by atoms with Crippen LogP contribution in [0.25, 0.3) is 0 Å². The van der Waals surface area contributed by atoms with Gasteiger partial charge in [-0.1, -0.05) is 5.16 Å². The molecule has 0 aliphatic rings. The maximum atomic E-state index is 8.69. The molecule has 3 nitrogen and oxygen atoms in total. The van der Waals surface area contributed by atoms with E-state index >= 15 is 0 Å². The first-order valence-corrected chi connectivity index (χ1v) is 2.78. The lowest BCUT2D eigenvalue weighted by atomic mass is 9.87. The van der Waals surface area contributed by atoms with Crippen molar-refractivity contribution in [1.82, 2.24) is 5.16 Å². The van der Waals surface area contributed by atoms with Crippen molar-refractivity contribution in [3.8, 4) is 0 Å². The van der Waals surface area contributed by atoms with Crippen LogP contribution in [0.3, 0.4) is 0 Å². The van der Waals surface area contributed by atoms with Gasteiger partial charge < -0.3 is 9.55 Å². The average Bonchev–Trinajstić information content (AvgIpc) is 2.12. The van der Waals surface area contributed by atoms with Crippen LogP contribution >= 0.6 is 0 Å². The van der Waals surface area contributed by atoms with Crippen molar-refractivity contribution < 1.29 is 9.55 Å². The Morgan fingerprint density at radius 1 is 1.56 bits per heavy atom. The van der Waals surface area contributed by atoms with Gasteiger partial charge in [-0.25, -0.2) is 0 Å². The fraction of sp³-hybridized carbons (Fsp3) is 0.400. The average molecular weight is 125 g/mol. The highest BCUT2D eigenvalue weighted by Crippen LogP contribution is 1.94. The second-order valence-electron chi connectivity index (χ2n) is 1.96. The van der Waals surface area contributed by atoms with E-state index in [1.54, 1.807) is 6.92 Å². The summed E-state index contributed by atoms with van der Waals surface area (Å²) in [6.45, 7) is 3.59. The van der Waals surface area contributed by atoms with Crippen molar-refractivity contribution >= 4 is 12.9 Å². The number of aromatic nitrogens is 1. The molecule has 0 aliphatic carbocycles. The minimum Gasteiger partial charge on any atom is -0.449 e. The van der Waals surface area contributed by atoms with Gasteiger partial charge in [0.05, 0.1) is 5.69 Å². The van der Waals surface area contributed by atoms with E-state index < -0.39 is 0 Å². The van der Waals surface area contributed by atoms with E-state index in [1.807, 2.05) is 6.92 Å². The van der Waals surface area contributed by atoms with Gasteiger partial charge in [0.25, 0.3) is 0 Å². The van der Waals surface area contributed by atoms with E-state index in [1.165, 1.54) is 0 Å². The summed E-state index contributed by atoms with van der Waals surface area (Å²) in [4.78, 5) is 0. The molecule has 0 saturated heterocycles. The second kappa shape index (κ2) is 2.23. The molecule has 1 N–H and O–H groups in total. The number of rotatable bonds is 1. The first-order chi connectivity index (χ1) is 4.25. The van der Waals surface area contributed by atoms with E-state index in [-0.39, 0.29) is 7.48 Å². The molecule has 0 spiro atoms. The van der Waals surface area contributed by atoms with Crippen molar-refractivity contribution in [3.05, 3.63) is 11.5 Å². The van der Waals surface area contributed by atoms with Crippen molar-refractivity contribution in [2.45, 2.75) is 13.8 Å². The molecule has 0 atom stereocenters. The molecule has 0 aromatic carbocycles. The summed E-state index contributed by atoms with van der Waals surface area (Å²) in [5.74, 6) is 0.704. The van der Waals surface area contributed by atoms with E-state index in [0.717, 1.165) is 11.2 Å². The highest BCUT2D eigenvalue weighted by molar-refractivity contribution is 6.46. The zero-order valence-corrected chi connectivity index (χ0v) is 5.51. The Bertz CT molecular complexity index is 189. The third kappa shape index (κ3) is 0.978. The van der Waals surface area contributed by atoms with E-state index in [0.29, 0.717) is 5.76 Å². The molecule has 48 valence electrons. The summed E-state index contributed by atoms with van der Waals surface area (Å²) >= 11 is 0. The molecule has 1 aromatic heterocycles. The standard InChI is InChI=1S/C5H8BNO2/c1-3-5(6-8)4(2)9-7-3/h6,8H,1-2H3. The molecule has 1 heterocycles. The Hall–Kier alpha value is -0.765. The van der Waals surface area contributed by atoms with Crippen LogP contribution in [0.5, 0.6) is 0 Å². The van der Waals surface area contributed by atoms with E-state index in [4.69, 9.17) is 9.55 Å². The van der Waals surface area contributed by atoms with Crippen LogP contribution in [0.1, 0.15) is 11.5 Å². The minimum atomic E-state index is 0.0150. The first kappa shape index (κ1) is 6.36. The van der Waals surface area contributed by atoms with E-state index in [9.17, 15) is 0 Å². The zero-order chi connectivity index (χ0) is 6.85. The van der Waals surface area contributed by atoms with E-state index in [2.05, 4.69) is 5.16 Å². The molecule has 9 heavy (non-hydrogen) atoms. The highest BCUT2D eigenvalue weighted by Gasteiger charge is 2.07. The SMILES string of the molecule is Cc1noc(C)c1BO. The predicted octanol–water partition coefficient (Wildman–Crippen LogP) is -0.739. The smallest absolute Gasteiger partial charge is 0.310 e. The molecule has 0 saturated carbocycles. The van der Waals surface area contributed by atoms with Gasteiger partial charge in [-0.3, -0.25) is 0 Å². The number of aryl methyl sites for hydroxylation is 2. The van der Waals surface area contributed by atoms with Crippen LogP contribution in [0.4, 0.5) is 0 Å². The molecule has 4 heteroatoms. The van der Waals surface area contributed by atoms with Crippen molar-refractivity contribution in [2.24, 2.45) is 0 Å². The fourth-order valence-corrected chi connectivity index (χ4v) is 0.728. The van der Waals surface area contributed by atoms with Crippen molar-refractivity contribution in [1.29, 1.82) is 0 Å². The molecular weight excluding hydrogens is 117 g/mol. The molecular formula is C5H8BNO2. The summed E-state index contributed by atoms with van der Waals surface area (Å²) in [7, 11) is 0.0150. The summed E-state index contributed by atoms with van der Waals surface area (Å²) in [6.07, 6.45) is 0. The largest absolute Gasteiger partial charge is 0.449 e. The summed E-state index contributed by atoms with van der Waals surface area (Å²) in [5.41, 5.74) is 1.57. The zero-order valence-electron chi connectivity index (χ0n) is 5.51. The Kier molecular flexibility index (Phi) is 1.57. The van der Waals surface area contributed by atoms with Crippen molar-refractivity contribution in [3.63, 3.8) is 0 Å². The Balaban J connectivity index is 3.07. The molecule has 0 amide bonds. The normalized spacial score (nSPS) is 9.67. The Labute approximate surface area is 53.9 Å². The third-order valence-electron chi connectivity index (χ3n) is 1.34. The monoisotopic (exact) mass is 125 g/mol. The van der Waals surface area contributed by atoms with Gasteiger partial charge in [0.2, 0.25) is 0 Å². The third-order valence-corrected chi connectivity index (χ3v) is 1.34. The predicted molar refractivity (Wildman–Crippen MR) is 35.0 cm³/mol. The molecule has 0 bridgehead atoms. The fourth-order valence-electron chi connectivity index (χ4n) is 0.728. The molecule has 0 fully saturated rings. The quantitative estimate of drug-likeness (QED) is 0.502. The van der Waals surface area contributed by atoms with Crippen LogP contribution in [0.15, 0.2) is 4.52 Å². The lowest BCUT2D eigenvalue weighted by Crippen LogP contribution is -2.16.